The van der Waals surface area contributed by atoms with Crippen LogP contribution in [0.4, 0.5) is 0 Å². The zero-order valence-electron chi connectivity index (χ0n) is 14.9. The van der Waals surface area contributed by atoms with Crippen LogP contribution in [0, 0.1) is 0 Å². The molecule has 2 aromatic heterocycles. The molecule has 0 spiro atoms. The van der Waals surface area contributed by atoms with Crippen LogP contribution in [0.15, 0.2) is 36.7 Å². The molecule has 1 atom stereocenters. The van der Waals surface area contributed by atoms with E-state index in [9.17, 15) is 4.79 Å². The number of fused-ring (bicyclic) bond motifs is 1. The lowest BCUT2D eigenvalue weighted by molar-refractivity contribution is 0.0948. The van der Waals surface area contributed by atoms with Crippen LogP contribution in [0.5, 0.6) is 0 Å². The first kappa shape index (κ1) is 19.7. The Kier molecular flexibility index (Phi) is 6.42. The fourth-order valence-electron chi connectivity index (χ4n) is 3.48. The molecule has 0 bridgehead atoms. The predicted molar refractivity (Wildman–Crippen MR) is 110 cm³/mol. The van der Waals surface area contributed by atoms with Crippen LogP contribution >= 0.6 is 24.0 Å². The van der Waals surface area contributed by atoms with Crippen molar-refractivity contribution in [2.24, 2.45) is 0 Å². The van der Waals surface area contributed by atoms with Crippen molar-refractivity contribution < 1.29 is 4.79 Å². The second-order valence-electron chi connectivity index (χ2n) is 6.69. The lowest BCUT2D eigenvalue weighted by Gasteiger charge is -2.22. The summed E-state index contributed by atoms with van der Waals surface area (Å²) in [6.45, 7) is 2.52. The Morgan fingerprint density at radius 2 is 2.26 bits per heavy atom. The maximum absolute atomic E-state index is 12.4. The van der Waals surface area contributed by atoms with Gasteiger partial charge in [0.15, 0.2) is 0 Å². The molecule has 4 rings (SSSR count). The number of amides is 1. The van der Waals surface area contributed by atoms with E-state index < -0.39 is 0 Å². The highest BCUT2D eigenvalue weighted by Crippen LogP contribution is 2.22. The Morgan fingerprint density at radius 3 is 3.07 bits per heavy atom. The maximum Gasteiger partial charge on any atom is 0.271 e. The highest BCUT2D eigenvalue weighted by molar-refractivity contribution is 6.31. The van der Waals surface area contributed by atoms with E-state index in [2.05, 4.69) is 20.7 Å². The molecule has 3 N–H and O–H groups in total. The first-order chi connectivity index (χ1) is 12.7. The number of hydrogen-bond donors (Lipinski definition) is 3. The molecule has 1 amide bonds. The zero-order chi connectivity index (χ0) is 17.9. The van der Waals surface area contributed by atoms with Crippen LogP contribution in [0.1, 0.15) is 34.9 Å². The van der Waals surface area contributed by atoms with Gasteiger partial charge in [-0.15, -0.1) is 12.4 Å². The van der Waals surface area contributed by atoms with Gasteiger partial charge >= 0.3 is 0 Å². The number of aromatic amines is 1. The van der Waals surface area contributed by atoms with E-state index in [1.54, 1.807) is 6.07 Å². The van der Waals surface area contributed by atoms with Crippen molar-refractivity contribution in [3.63, 3.8) is 0 Å². The summed E-state index contributed by atoms with van der Waals surface area (Å²) in [4.78, 5) is 15.6. The Labute approximate surface area is 169 Å². The van der Waals surface area contributed by atoms with E-state index in [1.807, 2.05) is 35.3 Å². The average Bonchev–Trinajstić information content (AvgIpc) is 3.30. The first-order valence-corrected chi connectivity index (χ1v) is 9.38. The largest absolute Gasteiger partial charge is 0.361 e. The molecular formula is C19H23Cl2N5O. The Bertz CT molecular complexity index is 914. The van der Waals surface area contributed by atoms with Crippen molar-refractivity contribution in [3.05, 3.63) is 52.9 Å². The standard InChI is InChI=1S/C19H22ClN5O.ClH/c20-14-3-4-17-16(10-14)13(11-23-17)5-8-22-19(26)18-6-9-25(24-18)15-2-1-7-21-12-15;/h3-4,6,9-11,15,21,23H,1-2,5,7-8,12H2,(H,22,26);1H. The van der Waals surface area contributed by atoms with Gasteiger partial charge in [-0.05, 0) is 55.6 Å². The highest BCUT2D eigenvalue weighted by atomic mass is 35.5. The summed E-state index contributed by atoms with van der Waals surface area (Å²) in [5.41, 5.74) is 2.66. The number of halogens is 2. The molecule has 0 radical (unpaired) electrons. The summed E-state index contributed by atoms with van der Waals surface area (Å²) in [6, 6.07) is 7.90. The number of carbonyl (C=O) groups is 1. The first-order valence-electron chi connectivity index (χ1n) is 9.00. The molecule has 3 heterocycles. The zero-order valence-corrected chi connectivity index (χ0v) is 16.4. The molecule has 6 nitrogen and oxygen atoms in total. The minimum atomic E-state index is -0.134. The molecule has 144 valence electrons. The van der Waals surface area contributed by atoms with Crippen LogP contribution in [-0.4, -0.2) is 40.3 Å². The van der Waals surface area contributed by atoms with Gasteiger partial charge in [0.1, 0.15) is 5.69 Å². The molecular weight excluding hydrogens is 385 g/mol. The molecule has 3 aromatic rings. The van der Waals surface area contributed by atoms with Crippen molar-refractivity contribution in [2.75, 3.05) is 19.6 Å². The van der Waals surface area contributed by atoms with Crippen molar-refractivity contribution in [2.45, 2.75) is 25.3 Å². The van der Waals surface area contributed by atoms with E-state index in [0.29, 0.717) is 23.3 Å². The van der Waals surface area contributed by atoms with Gasteiger partial charge in [0.05, 0.1) is 6.04 Å². The molecule has 27 heavy (non-hydrogen) atoms. The summed E-state index contributed by atoms with van der Waals surface area (Å²) in [7, 11) is 0. The quantitative estimate of drug-likeness (QED) is 0.606. The summed E-state index contributed by atoms with van der Waals surface area (Å²) in [5, 5.41) is 12.6. The number of nitrogens with one attached hydrogen (secondary N) is 3. The number of H-pyrrole nitrogens is 1. The molecule has 8 heteroatoms. The van der Waals surface area contributed by atoms with E-state index in [-0.39, 0.29) is 18.3 Å². The minimum Gasteiger partial charge on any atom is -0.361 e. The number of rotatable bonds is 5. The number of benzene rings is 1. The van der Waals surface area contributed by atoms with Crippen molar-refractivity contribution >= 4 is 40.8 Å². The average molecular weight is 408 g/mol. The van der Waals surface area contributed by atoms with Gasteiger partial charge in [0.2, 0.25) is 0 Å². The number of hydrogen-bond acceptors (Lipinski definition) is 3. The van der Waals surface area contributed by atoms with E-state index >= 15 is 0 Å². The van der Waals surface area contributed by atoms with Crippen LogP contribution in [0.3, 0.4) is 0 Å². The third kappa shape index (κ3) is 4.46. The number of aromatic nitrogens is 3. The van der Waals surface area contributed by atoms with Gasteiger partial charge in [-0.3, -0.25) is 9.48 Å². The van der Waals surface area contributed by atoms with Gasteiger partial charge in [-0.25, -0.2) is 0 Å². The molecule has 0 aliphatic carbocycles. The molecule has 1 aliphatic rings. The number of piperidine rings is 1. The third-order valence-corrected chi connectivity index (χ3v) is 5.13. The number of nitrogens with zero attached hydrogens (tertiary/aromatic N) is 2. The van der Waals surface area contributed by atoms with Crippen LogP contribution in [0.25, 0.3) is 10.9 Å². The van der Waals surface area contributed by atoms with Crippen molar-refractivity contribution in [1.29, 1.82) is 0 Å². The lowest BCUT2D eigenvalue weighted by Crippen LogP contribution is -2.32. The maximum atomic E-state index is 12.4. The molecule has 1 aromatic carbocycles. The fraction of sp³-hybridized carbons (Fsp3) is 0.368. The lowest BCUT2D eigenvalue weighted by atomic mass is 10.1. The smallest absolute Gasteiger partial charge is 0.271 e. The second-order valence-corrected chi connectivity index (χ2v) is 7.13. The van der Waals surface area contributed by atoms with E-state index in [1.165, 1.54) is 0 Å². The molecule has 0 saturated carbocycles. The fourth-order valence-corrected chi connectivity index (χ4v) is 3.65. The summed E-state index contributed by atoms with van der Waals surface area (Å²) >= 11 is 6.08. The van der Waals surface area contributed by atoms with Gasteiger partial charge in [-0.2, -0.15) is 5.10 Å². The summed E-state index contributed by atoms with van der Waals surface area (Å²) in [6.07, 6.45) is 6.84. The Hall–Kier alpha value is -2.02. The highest BCUT2D eigenvalue weighted by Gasteiger charge is 2.17. The van der Waals surface area contributed by atoms with E-state index in [0.717, 1.165) is 48.8 Å². The second kappa shape index (κ2) is 8.78. The monoisotopic (exact) mass is 407 g/mol. The Balaban J connectivity index is 0.00000210. The molecule has 1 aliphatic heterocycles. The molecule has 1 unspecified atom stereocenters. The van der Waals surface area contributed by atoms with Crippen LogP contribution in [-0.2, 0) is 6.42 Å². The molecule has 1 fully saturated rings. The van der Waals surface area contributed by atoms with Gasteiger partial charge < -0.3 is 15.6 Å². The van der Waals surface area contributed by atoms with E-state index in [4.69, 9.17) is 11.6 Å². The Morgan fingerprint density at radius 1 is 1.37 bits per heavy atom. The SMILES string of the molecule is Cl.O=C(NCCc1c[nH]c2ccc(Cl)cc12)c1ccn(C2CCCNC2)n1. The summed E-state index contributed by atoms with van der Waals surface area (Å²) < 4.78 is 1.91. The molecule has 1 saturated heterocycles. The van der Waals surface area contributed by atoms with Crippen molar-refractivity contribution in [3.8, 4) is 0 Å². The summed E-state index contributed by atoms with van der Waals surface area (Å²) in [5.74, 6) is -0.134. The van der Waals surface area contributed by atoms with Crippen LogP contribution in [0.2, 0.25) is 5.02 Å². The topological polar surface area (TPSA) is 74.7 Å². The van der Waals surface area contributed by atoms with Gasteiger partial charge in [-0.1, -0.05) is 11.6 Å². The predicted octanol–water partition coefficient (Wildman–Crippen LogP) is 3.34. The van der Waals surface area contributed by atoms with Crippen molar-refractivity contribution in [1.82, 2.24) is 25.4 Å². The minimum absolute atomic E-state index is 0. The third-order valence-electron chi connectivity index (χ3n) is 4.90. The normalized spacial score (nSPS) is 16.9. The van der Waals surface area contributed by atoms with Gasteiger partial charge in [0, 0.05) is 41.4 Å². The van der Waals surface area contributed by atoms with Gasteiger partial charge in [0.25, 0.3) is 5.91 Å². The van der Waals surface area contributed by atoms with Crippen LogP contribution < -0.4 is 10.6 Å². The number of carbonyl (C=O) groups excluding carboxylic acids is 1.